The van der Waals surface area contributed by atoms with Gasteiger partial charge in [-0.3, -0.25) is 9.79 Å². The molecule has 1 aromatic rings. The Morgan fingerprint density at radius 1 is 1.04 bits per heavy atom. The molecular weight excluding hydrogens is 427 g/mol. The van der Waals surface area contributed by atoms with Gasteiger partial charge in [-0.1, -0.05) is 36.8 Å². The third-order valence-corrected chi connectivity index (χ3v) is 3.43. The molecule has 0 saturated heterocycles. The first-order valence-electron chi connectivity index (χ1n) is 8.70. The molecule has 0 heterocycles. The van der Waals surface area contributed by atoms with Gasteiger partial charge >= 0.3 is 0 Å². The summed E-state index contributed by atoms with van der Waals surface area (Å²) >= 11 is 0. The molecule has 1 aromatic carbocycles. The summed E-state index contributed by atoms with van der Waals surface area (Å²) in [6, 6.07) is 10.6. The maximum atomic E-state index is 11.8. The Bertz CT molecular complexity index is 512. The molecule has 0 bridgehead atoms. The van der Waals surface area contributed by atoms with Crippen LogP contribution >= 0.6 is 24.0 Å². The number of amides is 1. The minimum absolute atomic E-state index is 0. The first-order chi connectivity index (χ1) is 11.4. The second-order valence-electron chi connectivity index (χ2n) is 6.95. The molecular formula is C19H33IN4O. The van der Waals surface area contributed by atoms with Crippen molar-refractivity contribution in [3.8, 4) is 0 Å². The van der Waals surface area contributed by atoms with Gasteiger partial charge < -0.3 is 16.0 Å². The van der Waals surface area contributed by atoms with Crippen molar-refractivity contribution in [3.05, 3.63) is 35.9 Å². The predicted octanol–water partition coefficient (Wildman–Crippen LogP) is 3.10. The van der Waals surface area contributed by atoms with E-state index >= 15 is 0 Å². The van der Waals surface area contributed by atoms with Crippen LogP contribution in [0, 0.1) is 0 Å². The molecule has 0 spiro atoms. The molecule has 0 aliphatic rings. The number of rotatable bonds is 8. The van der Waals surface area contributed by atoms with Crippen LogP contribution in [0.25, 0.3) is 0 Å². The van der Waals surface area contributed by atoms with Crippen LogP contribution in [-0.4, -0.2) is 37.5 Å². The van der Waals surface area contributed by atoms with E-state index < -0.39 is 0 Å². The van der Waals surface area contributed by atoms with E-state index in [1.54, 1.807) is 7.05 Å². The van der Waals surface area contributed by atoms with Crippen LogP contribution in [0.1, 0.15) is 45.6 Å². The van der Waals surface area contributed by atoms with Crippen LogP contribution in [-0.2, 0) is 11.2 Å². The van der Waals surface area contributed by atoms with E-state index in [1.165, 1.54) is 18.4 Å². The Morgan fingerprint density at radius 3 is 2.32 bits per heavy atom. The van der Waals surface area contributed by atoms with Crippen LogP contribution in [0.5, 0.6) is 0 Å². The van der Waals surface area contributed by atoms with Crippen molar-refractivity contribution in [1.29, 1.82) is 0 Å². The lowest BCUT2D eigenvalue weighted by molar-refractivity contribution is -0.121. The fourth-order valence-corrected chi connectivity index (χ4v) is 2.33. The van der Waals surface area contributed by atoms with E-state index in [2.05, 4.69) is 45.2 Å². The van der Waals surface area contributed by atoms with Crippen LogP contribution in [0.3, 0.4) is 0 Å². The average molecular weight is 460 g/mol. The van der Waals surface area contributed by atoms with Gasteiger partial charge in [0.1, 0.15) is 0 Å². The minimum Gasteiger partial charge on any atom is -0.356 e. The Morgan fingerprint density at radius 2 is 1.72 bits per heavy atom. The van der Waals surface area contributed by atoms with Gasteiger partial charge in [0.15, 0.2) is 5.96 Å². The number of benzene rings is 1. The fraction of sp³-hybridized carbons (Fsp3) is 0.579. The van der Waals surface area contributed by atoms with Gasteiger partial charge in [0, 0.05) is 19.1 Å². The lowest BCUT2D eigenvalue weighted by Gasteiger charge is -2.21. The topological polar surface area (TPSA) is 65.5 Å². The van der Waals surface area contributed by atoms with E-state index in [9.17, 15) is 4.79 Å². The van der Waals surface area contributed by atoms with E-state index in [-0.39, 0.29) is 42.0 Å². The van der Waals surface area contributed by atoms with Crippen molar-refractivity contribution in [2.75, 3.05) is 20.1 Å². The van der Waals surface area contributed by atoms with Crippen LogP contribution < -0.4 is 16.0 Å². The summed E-state index contributed by atoms with van der Waals surface area (Å²) in [6.45, 7) is 6.98. The van der Waals surface area contributed by atoms with Crippen molar-refractivity contribution in [3.63, 3.8) is 0 Å². The number of nitrogens with one attached hydrogen (secondary N) is 3. The van der Waals surface area contributed by atoms with Crippen LogP contribution in [0.2, 0.25) is 0 Å². The number of carbonyl (C=O) groups excluding carboxylic acids is 1. The van der Waals surface area contributed by atoms with Gasteiger partial charge in [-0.15, -0.1) is 24.0 Å². The van der Waals surface area contributed by atoms with Crippen molar-refractivity contribution >= 4 is 35.8 Å². The van der Waals surface area contributed by atoms with Crippen molar-refractivity contribution in [1.82, 2.24) is 16.0 Å². The summed E-state index contributed by atoms with van der Waals surface area (Å²) in [5.74, 6) is 0.635. The minimum atomic E-state index is -0.214. The molecule has 0 saturated carbocycles. The number of hydrogen-bond acceptors (Lipinski definition) is 2. The van der Waals surface area contributed by atoms with E-state index in [1.807, 2.05) is 26.8 Å². The highest BCUT2D eigenvalue weighted by Crippen LogP contribution is 2.05. The monoisotopic (exact) mass is 460 g/mol. The molecule has 0 atom stereocenters. The molecule has 1 amide bonds. The SMILES string of the molecule is CN=C(NCCCCCc1ccccc1)NCC(=O)NC(C)(C)C.I. The Balaban J connectivity index is 0.00000576. The number of unbranched alkanes of at least 4 members (excludes halogenated alkanes) is 2. The number of nitrogens with zero attached hydrogens (tertiary/aromatic N) is 1. The third kappa shape index (κ3) is 12.7. The van der Waals surface area contributed by atoms with Crippen molar-refractivity contribution < 1.29 is 4.79 Å². The fourth-order valence-electron chi connectivity index (χ4n) is 2.33. The molecule has 0 aliphatic heterocycles. The number of carbonyl (C=O) groups is 1. The maximum absolute atomic E-state index is 11.8. The Hall–Kier alpha value is -1.31. The van der Waals surface area contributed by atoms with Gasteiger partial charge in [-0.2, -0.15) is 0 Å². The Labute approximate surface area is 169 Å². The molecule has 0 aromatic heterocycles. The highest BCUT2D eigenvalue weighted by molar-refractivity contribution is 14.0. The summed E-state index contributed by atoms with van der Waals surface area (Å²) in [6.07, 6.45) is 4.57. The van der Waals surface area contributed by atoms with Gasteiger partial charge in [-0.25, -0.2) is 0 Å². The summed E-state index contributed by atoms with van der Waals surface area (Å²) in [5, 5.41) is 9.19. The quantitative estimate of drug-likeness (QED) is 0.242. The molecule has 0 aliphatic carbocycles. The standard InChI is InChI=1S/C19H32N4O.HI/c1-19(2,3)23-17(24)15-22-18(20-4)21-14-10-6-9-13-16-11-7-5-8-12-16;/h5,7-8,11-12H,6,9-10,13-15H2,1-4H3,(H,23,24)(H2,20,21,22);1H. The molecule has 142 valence electrons. The summed E-state index contributed by atoms with van der Waals surface area (Å²) in [7, 11) is 1.71. The molecule has 25 heavy (non-hydrogen) atoms. The second kappa shape index (κ2) is 13.0. The molecule has 6 heteroatoms. The largest absolute Gasteiger partial charge is 0.356 e. The zero-order chi connectivity index (χ0) is 17.8. The smallest absolute Gasteiger partial charge is 0.239 e. The summed E-state index contributed by atoms with van der Waals surface area (Å²) in [4.78, 5) is 15.9. The Kier molecular flexibility index (Phi) is 12.3. The van der Waals surface area contributed by atoms with Gasteiger partial charge in [0.05, 0.1) is 6.54 Å². The number of hydrogen-bond donors (Lipinski definition) is 3. The highest BCUT2D eigenvalue weighted by Gasteiger charge is 2.13. The maximum Gasteiger partial charge on any atom is 0.239 e. The van der Waals surface area contributed by atoms with Gasteiger partial charge in [0.2, 0.25) is 5.91 Å². The number of aryl methyl sites for hydroxylation is 1. The lowest BCUT2D eigenvalue weighted by Crippen LogP contribution is -2.48. The van der Waals surface area contributed by atoms with Gasteiger partial charge in [0.25, 0.3) is 0 Å². The molecule has 1 rings (SSSR count). The molecule has 5 nitrogen and oxygen atoms in total. The van der Waals surface area contributed by atoms with E-state index in [4.69, 9.17) is 0 Å². The average Bonchev–Trinajstić information content (AvgIpc) is 2.52. The normalized spacial score (nSPS) is 11.4. The zero-order valence-electron chi connectivity index (χ0n) is 15.9. The highest BCUT2D eigenvalue weighted by atomic mass is 127. The number of guanidine groups is 1. The van der Waals surface area contributed by atoms with Crippen molar-refractivity contribution in [2.24, 2.45) is 4.99 Å². The second-order valence-corrected chi connectivity index (χ2v) is 6.95. The summed E-state index contributed by atoms with van der Waals surface area (Å²) in [5.41, 5.74) is 1.18. The van der Waals surface area contributed by atoms with E-state index in [0.717, 1.165) is 19.4 Å². The van der Waals surface area contributed by atoms with Gasteiger partial charge in [-0.05, 0) is 45.6 Å². The zero-order valence-corrected chi connectivity index (χ0v) is 18.2. The molecule has 0 unspecified atom stereocenters. The van der Waals surface area contributed by atoms with Crippen LogP contribution in [0.15, 0.2) is 35.3 Å². The first kappa shape index (κ1) is 23.7. The first-order valence-corrected chi connectivity index (χ1v) is 8.70. The molecule has 0 fully saturated rings. The van der Waals surface area contributed by atoms with Crippen molar-refractivity contribution in [2.45, 2.75) is 52.0 Å². The summed E-state index contributed by atoms with van der Waals surface area (Å²) < 4.78 is 0. The third-order valence-electron chi connectivity index (χ3n) is 3.43. The van der Waals surface area contributed by atoms with Crippen LogP contribution in [0.4, 0.5) is 0 Å². The van der Waals surface area contributed by atoms with E-state index in [0.29, 0.717) is 5.96 Å². The molecule has 0 radical (unpaired) electrons. The number of halogens is 1. The molecule has 3 N–H and O–H groups in total. The number of aliphatic imine (C=N–C) groups is 1. The lowest BCUT2D eigenvalue weighted by atomic mass is 10.1. The predicted molar refractivity (Wildman–Crippen MR) is 117 cm³/mol.